The second kappa shape index (κ2) is 13.6. The molecule has 1 atom stereocenters. The molecule has 0 aliphatic rings. The largest absolute Gasteiger partial charge is 0.455 e. The number of aryl methyl sites for hydroxylation is 3. The van der Waals surface area contributed by atoms with Gasteiger partial charge in [-0.25, -0.2) is 0 Å². The highest BCUT2D eigenvalue weighted by atomic mass is 16.3. The molecule has 0 aliphatic heterocycles. The van der Waals surface area contributed by atoms with E-state index >= 15 is 0 Å². The van der Waals surface area contributed by atoms with E-state index in [2.05, 4.69) is 0 Å². The molecule has 0 saturated carbocycles. The molecule has 55 heavy (non-hydrogen) atoms. The average Bonchev–Trinajstić information content (AvgIpc) is 4.09. The minimum atomic E-state index is -1.78. The summed E-state index contributed by atoms with van der Waals surface area (Å²) in [6.07, 6.45) is 0. The molecule has 0 amide bonds. The normalized spacial score (nSPS) is 18.3. The Bertz CT molecular complexity index is 4040. The van der Waals surface area contributed by atoms with Crippen LogP contribution in [0.25, 0.3) is 66.1 Å². The van der Waals surface area contributed by atoms with Crippen LogP contribution in [-0.4, -0.2) is 0 Å². The summed E-state index contributed by atoms with van der Waals surface area (Å²) in [4.78, 5) is 0. The minimum absolute atomic E-state index is 0.0402. The van der Waals surface area contributed by atoms with Crippen molar-refractivity contribution in [2.45, 2.75) is 54.4 Å². The molecule has 0 radical (unpaired) electrons. The minimum Gasteiger partial charge on any atom is -0.455 e. The van der Waals surface area contributed by atoms with Crippen LogP contribution in [0.2, 0.25) is 0 Å². The molecule has 1 heteroatoms. The fraction of sp³-hybridized carbons (Fsp3) is 0.148. The second-order valence-electron chi connectivity index (χ2n) is 13.6. The molecule has 8 aromatic carbocycles. The third kappa shape index (κ3) is 5.78. The SMILES string of the molecule is [2H]c1c([2H])c([2H])c(-c2c([2H])c([2H])c(C(c3c(C)c([2H])c(-c4c([2H])c([2H])c([2H])c([2H])c4[2H])c([2H])c3C)c3c(C)c([2H])c4oc5c6c(C)c([2H])c([2H])c(C)c6c(-c6c([2H])c([2H])c([2H])c([2H])c6C)c(C)c5c4c3[2H])c([2H])c2[2H])c([2H])c1[2H]. The molecule has 0 spiro atoms. The lowest BCUT2D eigenvalue weighted by Crippen LogP contribution is -2.09. The van der Waals surface area contributed by atoms with Gasteiger partial charge in [0.2, 0.25) is 0 Å². The van der Waals surface area contributed by atoms with E-state index in [1.54, 1.807) is 20.8 Å². The molecule has 1 nitrogen and oxygen atoms in total. The molecular formula is C54H46O. The number of furan rings is 1. The van der Waals surface area contributed by atoms with Gasteiger partial charge in [0.25, 0.3) is 0 Å². The van der Waals surface area contributed by atoms with Gasteiger partial charge in [0.15, 0.2) is 0 Å². The van der Waals surface area contributed by atoms with Crippen molar-refractivity contribution >= 4 is 32.7 Å². The van der Waals surface area contributed by atoms with Gasteiger partial charge >= 0.3 is 0 Å². The van der Waals surface area contributed by atoms with E-state index in [0.29, 0.717) is 5.39 Å². The molecule has 1 heterocycles. The lowest BCUT2D eigenvalue weighted by atomic mass is 9.77. The van der Waals surface area contributed by atoms with E-state index in [0.717, 1.165) is 0 Å². The lowest BCUT2D eigenvalue weighted by Gasteiger charge is -2.26. The molecular weight excluding hydrogens is 665 g/mol. The third-order valence-electron chi connectivity index (χ3n) is 10.1. The Morgan fingerprint density at radius 2 is 1.02 bits per heavy atom. The zero-order chi connectivity index (χ0) is 58.8. The number of hydrogen-bond donors (Lipinski definition) is 0. The van der Waals surface area contributed by atoms with Crippen LogP contribution < -0.4 is 0 Å². The first-order chi connectivity index (χ1) is 36.7. The number of fused-ring (bicyclic) bond motifs is 5. The Kier molecular flexibility index (Phi) is 4.22. The van der Waals surface area contributed by atoms with Gasteiger partial charge in [0.1, 0.15) is 11.2 Å². The molecule has 0 aliphatic carbocycles. The molecule has 1 unspecified atom stereocenters. The van der Waals surface area contributed by atoms with Crippen molar-refractivity contribution in [3.05, 3.63) is 201 Å². The Morgan fingerprint density at radius 1 is 0.455 bits per heavy atom. The maximum absolute atomic E-state index is 10.5. The molecule has 9 rings (SSSR count). The fourth-order valence-electron chi connectivity index (χ4n) is 7.62. The third-order valence-corrected chi connectivity index (χ3v) is 10.1. The van der Waals surface area contributed by atoms with Crippen molar-refractivity contribution in [1.29, 1.82) is 0 Å². The Hall–Kier alpha value is -6.18. The molecule has 9 aromatic rings. The highest BCUT2D eigenvalue weighted by Gasteiger charge is 2.27. The van der Waals surface area contributed by atoms with Crippen LogP contribution in [0.15, 0.2) is 149 Å². The van der Waals surface area contributed by atoms with Crippen molar-refractivity contribution in [2.75, 3.05) is 0 Å². The van der Waals surface area contributed by atoms with E-state index in [4.69, 9.17) is 25.0 Å². The summed E-state index contributed by atoms with van der Waals surface area (Å²) >= 11 is 0. The van der Waals surface area contributed by atoms with E-state index in [-0.39, 0.29) is 118 Å². The first-order valence-electron chi connectivity index (χ1n) is 29.5. The Balaban J connectivity index is 1.53. The van der Waals surface area contributed by atoms with Gasteiger partial charge in [0, 0.05) is 22.1 Å². The Labute approximate surface area is 358 Å². The summed E-state index contributed by atoms with van der Waals surface area (Å²) in [6, 6.07) is -15.3. The van der Waals surface area contributed by atoms with Gasteiger partial charge in [-0.15, -0.1) is 0 Å². The number of benzene rings is 8. The van der Waals surface area contributed by atoms with Crippen molar-refractivity contribution < 1.29 is 37.3 Å². The van der Waals surface area contributed by atoms with E-state index < -0.39 is 149 Å². The van der Waals surface area contributed by atoms with Gasteiger partial charge in [-0.1, -0.05) is 133 Å². The fourth-order valence-corrected chi connectivity index (χ4v) is 7.62. The number of hydrogen-bond acceptors (Lipinski definition) is 1. The van der Waals surface area contributed by atoms with Crippen molar-refractivity contribution in [1.82, 2.24) is 0 Å². The van der Waals surface area contributed by atoms with Crippen molar-refractivity contribution in [3.8, 4) is 33.4 Å². The van der Waals surface area contributed by atoms with Gasteiger partial charge in [-0.2, -0.15) is 0 Å². The van der Waals surface area contributed by atoms with Crippen LogP contribution in [0.1, 0.15) is 94.5 Å². The monoisotopic (exact) mass is 735 g/mol. The molecule has 0 saturated heterocycles. The molecule has 268 valence electrons. The van der Waals surface area contributed by atoms with Crippen molar-refractivity contribution in [2.24, 2.45) is 0 Å². The van der Waals surface area contributed by atoms with Gasteiger partial charge in [-0.05, 0) is 155 Å². The molecule has 1 aromatic heterocycles. The highest BCUT2D eigenvalue weighted by Crippen LogP contribution is 2.48. The summed E-state index contributed by atoms with van der Waals surface area (Å²) < 4.78 is 224. The summed E-state index contributed by atoms with van der Waals surface area (Å²) in [5.41, 5.74) is -2.15. The molecule has 0 fully saturated rings. The zero-order valence-corrected chi connectivity index (χ0v) is 31.0. The summed E-state index contributed by atoms with van der Waals surface area (Å²) in [5.74, 6) is -1.78. The highest BCUT2D eigenvalue weighted by molar-refractivity contribution is 6.23. The van der Waals surface area contributed by atoms with Gasteiger partial charge < -0.3 is 4.42 Å². The second-order valence-corrected chi connectivity index (χ2v) is 13.6. The standard InChI is InChI=1S/C54H46O/c1-32-16-14-15-21-44(32)51-38(7)52-46-31-45(35(4)30-47(46)55-54(52)50-34(3)23-22-33(2)49(50)51)53(42-26-24-41(25-27-42)39-17-10-8-11-18-39)48-36(5)28-43(29-37(48)6)40-19-12-9-13-20-40/h8-31,53H,1-7H3/i8D,9D,10D,11D,12D,13D,14D,15D,16D,17D,18D,19D,20D,21D,22D,23D,24D,25D,26D,27D,28D,29D,30D,31D. The van der Waals surface area contributed by atoms with Gasteiger partial charge in [0.05, 0.1) is 32.9 Å². The summed E-state index contributed by atoms with van der Waals surface area (Å²) in [7, 11) is 0. The predicted molar refractivity (Wildman–Crippen MR) is 235 cm³/mol. The van der Waals surface area contributed by atoms with E-state index in [1.165, 1.54) is 27.7 Å². The predicted octanol–water partition coefficient (Wildman–Crippen LogP) is 15.1. The molecule has 0 N–H and O–H groups in total. The lowest BCUT2D eigenvalue weighted by molar-refractivity contribution is 0.671. The van der Waals surface area contributed by atoms with Crippen molar-refractivity contribution in [3.63, 3.8) is 0 Å². The zero-order valence-electron chi connectivity index (χ0n) is 55.0. The topological polar surface area (TPSA) is 13.1 Å². The smallest absolute Gasteiger partial charge is 0.143 e. The summed E-state index contributed by atoms with van der Waals surface area (Å²) in [5, 5.41) is 0.591. The van der Waals surface area contributed by atoms with Crippen LogP contribution >= 0.6 is 0 Å². The van der Waals surface area contributed by atoms with Crippen LogP contribution in [0.4, 0.5) is 0 Å². The summed E-state index contributed by atoms with van der Waals surface area (Å²) in [6.45, 7) is 10.5. The first kappa shape index (κ1) is 17.1. The van der Waals surface area contributed by atoms with Crippen LogP contribution in [-0.2, 0) is 0 Å². The van der Waals surface area contributed by atoms with E-state index in [9.17, 15) is 12.3 Å². The van der Waals surface area contributed by atoms with E-state index in [1.807, 2.05) is 0 Å². The maximum atomic E-state index is 10.5. The quantitative estimate of drug-likeness (QED) is 0.155. The van der Waals surface area contributed by atoms with Crippen LogP contribution in [0.3, 0.4) is 0 Å². The first-order valence-corrected chi connectivity index (χ1v) is 17.5. The average molecular weight is 735 g/mol. The maximum Gasteiger partial charge on any atom is 0.143 e. The molecule has 0 bridgehead atoms. The number of rotatable bonds is 6. The van der Waals surface area contributed by atoms with Crippen LogP contribution in [0, 0.1) is 48.5 Å². The Morgan fingerprint density at radius 3 is 1.67 bits per heavy atom. The van der Waals surface area contributed by atoms with Gasteiger partial charge in [-0.3, -0.25) is 0 Å². The van der Waals surface area contributed by atoms with Crippen LogP contribution in [0.5, 0.6) is 0 Å².